The minimum Gasteiger partial charge on any atom is -0.481 e. The first-order chi connectivity index (χ1) is 9.99. The van der Waals surface area contributed by atoms with Crippen molar-refractivity contribution >= 4 is 11.9 Å². The summed E-state index contributed by atoms with van der Waals surface area (Å²) in [5.74, 6) is 0.214. The number of nitrogens with zero attached hydrogens (tertiary/aromatic N) is 1. The van der Waals surface area contributed by atoms with Gasteiger partial charge in [-0.3, -0.25) is 9.59 Å². The molecule has 6 nitrogen and oxygen atoms in total. The largest absolute Gasteiger partial charge is 0.481 e. The summed E-state index contributed by atoms with van der Waals surface area (Å²) in [6, 6.07) is 5.07. The Bertz CT molecular complexity index is 541. The summed E-state index contributed by atoms with van der Waals surface area (Å²) in [5.41, 5.74) is 0.517. The Labute approximate surface area is 123 Å². The molecule has 0 spiro atoms. The van der Waals surface area contributed by atoms with E-state index in [-0.39, 0.29) is 25.2 Å². The standard InChI is InChI=1S/C15H19NO5/c1-10(2)16(7-3-4-14(17)18)15(19)11-5-6-12-13(8-11)21-9-20-12/h5-6,8,10H,3-4,7,9H2,1-2H3,(H,17,18). The average Bonchev–Trinajstić information content (AvgIpc) is 2.89. The van der Waals surface area contributed by atoms with Gasteiger partial charge in [-0.2, -0.15) is 0 Å². The van der Waals surface area contributed by atoms with Crippen LogP contribution in [-0.4, -0.2) is 41.3 Å². The van der Waals surface area contributed by atoms with E-state index >= 15 is 0 Å². The average molecular weight is 293 g/mol. The number of fused-ring (bicyclic) bond motifs is 1. The third-order valence-electron chi connectivity index (χ3n) is 3.29. The van der Waals surface area contributed by atoms with Crippen molar-refractivity contribution in [3.63, 3.8) is 0 Å². The number of carboxylic acid groups (broad SMARTS) is 1. The molecule has 0 saturated carbocycles. The lowest BCUT2D eigenvalue weighted by molar-refractivity contribution is -0.137. The molecule has 21 heavy (non-hydrogen) atoms. The summed E-state index contributed by atoms with van der Waals surface area (Å²) in [4.78, 5) is 24.8. The number of aliphatic carboxylic acids is 1. The quantitative estimate of drug-likeness (QED) is 0.869. The van der Waals surface area contributed by atoms with Crippen molar-refractivity contribution in [3.05, 3.63) is 23.8 Å². The van der Waals surface area contributed by atoms with E-state index in [0.29, 0.717) is 30.0 Å². The highest BCUT2D eigenvalue weighted by Crippen LogP contribution is 2.32. The molecule has 0 saturated heterocycles. The Morgan fingerprint density at radius 2 is 2.00 bits per heavy atom. The molecule has 1 aromatic rings. The number of rotatable bonds is 6. The topological polar surface area (TPSA) is 76.1 Å². The second-order valence-corrected chi connectivity index (χ2v) is 5.16. The van der Waals surface area contributed by atoms with Gasteiger partial charge in [0, 0.05) is 24.6 Å². The van der Waals surface area contributed by atoms with E-state index in [9.17, 15) is 9.59 Å². The lowest BCUT2D eigenvalue weighted by Gasteiger charge is -2.26. The first-order valence-corrected chi connectivity index (χ1v) is 6.91. The molecule has 0 aliphatic carbocycles. The molecule has 0 bridgehead atoms. The van der Waals surface area contributed by atoms with E-state index < -0.39 is 5.97 Å². The molecule has 0 fully saturated rings. The molecule has 1 amide bonds. The van der Waals surface area contributed by atoms with Crippen molar-refractivity contribution in [1.82, 2.24) is 4.90 Å². The van der Waals surface area contributed by atoms with Crippen LogP contribution in [0.2, 0.25) is 0 Å². The number of carbonyl (C=O) groups excluding carboxylic acids is 1. The van der Waals surface area contributed by atoms with Gasteiger partial charge in [-0.25, -0.2) is 0 Å². The zero-order valence-electron chi connectivity index (χ0n) is 12.2. The Hall–Kier alpha value is -2.24. The number of hydrogen-bond acceptors (Lipinski definition) is 4. The Morgan fingerprint density at radius 1 is 1.29 bits per heavy atom. The van der Waals surface area contributed by atoms with Crippen LogP contribution in [0.1, 0.15) is 37.0 Å². The monoisotopic (exact) mass is 293 g/mol. The number of carbonyl (C=O) groups is 2. The summed E-state index contributed by atoms with van der Waals surface area (Å²) in [6.45, 7) is 4.40. The second kappa shape index (κ2) is 6.47. The minimum absolute atomic E-state index is 0.00304. The van der Waals surface area contributed by atoms with Crippen molar-refractivity contribution in [3.8, 4) is 11.5 Å². The van der Waals surface area contributed by atoms with E-state index in [1.807, 2.05) is 13.8 Å². The zero-order chi connectivity index (χ0) is 15.4. The highest BCUT2D eigenvalue weighted by Gasteiger charge is 2.22. The van der Waals surface area contributed by atoms with Crippen LogP contribution in [0.25, 0.3) is 0 Å². The minimum atomic E-state index is -0.853. The van der Waals surface area contributed by atoms with Gasteiger partial charge in [0.05, 0.1) is 0 Å². The molecule has 1 aliphatic rings. The molecular weight excluding hydrogens is 274 g/mol. The van der Waals surface area contributed by atoms with E-state index in [0.717, 1.165) is 0 Å². The van der Waals surface area contributed by atoms with E-state index in [1.165, 1.54) is 0 Å². The smallest absolute Gasteiger partial charge is 0.303 e. The summed E-state index contributed by atoms with van der Waals surface area (Å²) >= 11 is 0. The molecule has 0 unspecified atom stereocenters. The number of hydrogen-bond donors (Lipinski definition) is 1. The van der Waals surface area contributed by atoms with E-state index in [2.05, 4.69) is 0 Å². The normalized spacial score (nSPS) is 12.5. The van der Waals surface area contributed by atoms with Gasteiger partial charge in [-0.1, -0.05) is 0 Å². The van der Waals surface area contributed by atoms with Gasteiger partial charge >= 0.3 is 5.97 Å². The first kappa shape index (κ1) is 15.2. The zero-order valence-corrected chi connectivity index (χ0v) is 12.2. The van der Waals surface area contributed by atoms with Crippen molar-refractivity contribution in [2.24, 2.45) is 0 Å². The molecule has 1 aliphatic heterocycles. The van der Waals surface area contributed by atoms with Gasteiger partial charge in [-0.05, 0) is 38.5 Å². The predicted molar refractivity (Wildman–Crippen MR) is 75.6 cm³/mol. The molecular formula is C15H19NO5. The maximum atomic E-state index is 12.5. The van der Waals surface area contributed by atoms with Gasteiger partial charge in [0.25, 0.3) is 5.91 Å². The summed E-state index contributed by atoms with van der Waals surface area (Å²) in [6.07, 6.45) is 0.488. The fourth-order valence-corrected chi connectivity index (χ4v) is 2.19. The van der Waals surface area contributed by atoms with Crippen molar-refractivity contribution in [2.75, 3.05) is 13.3 Å². The first-order valence-electron chi connectivity index (χ1n) is 6.91. The molecule has 1 N–H and O–H groups in total. The van der Waals surface area contributed by atoms with Gasteiger partial charge in [0.1, 0.15) is 0 Å². The van der Waals surface area contributed by atoms with Crippen molar-refractivity contribution < 1.29 is 24.2 Å². The molecule has 114 valence electrons. The maximum Gasteiger partial charge on any atom is 0.303 e. The number of carboxylic acids is 1. The Balaban J connectivity index is 2.09. The number of benzene rings is 1. The van der Waals surface area contributed by atoms with Gasteiger partial charge in [0.2, 0.25) is 6.79 Å². The van der Waals surface area contributed by atoms with Crippen LogP contribution in [0.4, 0.5) is 0 Å². The molecule has 2 rings (SSSR count). The number of amides is 1. The fourth-order valence-electron chi connectivity index (χ4n) is 2.19. The highest BCUT2D eigenvalue weighted by molar-refractivity contribution is 5.95. The van der Waals surface area contributed by atoms with Crippen LogP contribution in [0.5, 0.6) is 11.5 Å². The third kappa shape index (κ3) is 3.65. The van der Waals surface area contributed by atoms with Crippen LogP contribution in [0.15, 0.2) is 18.2 Å². The van der Waals surface area contributed by atoms with Gasteiger partial charge < -0.3 is 19.5 Å². The predicted octanol–water partition coefficient (Wildman–Crippen LogP) is 2.13. The molecule has 6 heteroatoms. The van der Waals surface area contributed by atoms with Crippen LogP contribution in [-0.2, 0) is 4.79 Å². The van der Waals surface area contributed by atoms with E-state index in [1.54, 1.807) is 23.1 Å². The summed E-state index contributed by atoms with van der Waals surface area (Å²) < 4.78 is 10.5. The lowest BCUT2D eigenvalue weighted by atomic mass is 10.1. The lowest BCUT2D eigenvalue weighted by Crippen LogP contribution is -2.37. The van der Waals surface area contributed by atoms with Gasteiger partial charge in [-0.15, -0.1) is 0 Å². The Kier molecular flexibility index (Phi) is 4.67. The molecule has 1 heterocycles. The highest BCUT2D eigenvalue weighted by atomic mass is 16.7. The second-order valence-electron chi connectivity index (χ2n) is 5.16. The Morgan fingerprint density at radius 3 is 2.67 bits per heavy atom. The summed E-state index contributed by atoms with van der Waals surface area (Å²) in [5, 5.41) is 8.69. The van der Waals surface area contributed by atoms with Crippen molar-refractivity contribution in [2.45, 2.75) is 32.7 Å². The van der Waals surface area contributed by atoms with Crippen LogP contribution in [0.3, 0.4) is 0 Å². The molecule has 1 aromatic carbocycles. The maximum absolute atomic E-state index is 12.5. The molecule has 0 radical (unpaired) electrons. The number of ether oxygens (including phenoxy) is 2. The van der Waals surface area contributed by atoms with Gasteiger partial charge in [0.15, 0.2) is 11.5 Å². The third-order valence-corrected chi connectivity index (χ3v) is 3.29. The molecule has 0 aromatic heterocycles. The fraction of sp³-hybridized carbons (Fsp3) is 0.467. The van der Waals surface area contributed by atoms with Crippen molar-refractivity contribution in [1.29, 1.82) is 0 Å². The summed E-state index contributed by atoms with van der Waals surface area (Å²) in [7, 11) is 0. The van der Waals surface area contributed by atoms with Crippen LogP contribution in [0, 0.1) is 0 Å². The SMILES string of the molecule is CC(C)N(CCCC(=O)O)C(=O)c1ccc2c(c1)OCO2. The molecule has 0 atom stereocenters. The van der Waals surface area contributed by atoms with Crippen LogP contribution < -0.4 is 9.47 Å². The van der Waals surface area contributed by atoms with Crippen LogP contribution >= 0.6 is 0 Å². The van der Waals surface area contributed by atoms with E-state index in [4.69, 9.17) is 14.6 Å².